The standard InChI is InChI=1S/C10H12ClN3O/c1-2-3-10(15,9(11)4-5-9)6-14-8-12-7-13-14/h1,7-8,15H,3-6H2. The van der Waals surface area contributed by atoms with E-state index in [-0.39, 0.29) is 6.42 Å². The van der Waals surface area contributed by atoms with E-state index in [2.05, 4.69) is 16.0 Å². The van der Waals surface area contributed by atoms with Crippen molar-refractivity contribution in [3.63, 3.8) is 0 Å². The molecular formula is C10H12ClN3O. The lowest BCUT2D eigenvalue weighted by Gasteiger charge is -2.30. The summed E-state index contributed by atoms with van der Waals surface area (Å²) in [5.74, 6) is 2.47. The van der Waals surface area contributed by atoms with Gasteiger partial charge in [0.1, 0.15) is 18.3 Å². The number of halogens is 1. The van der Waals surface area contributed by atoms with Crippen molar-refractivity contribution in [2.24, 2.45) is 0 Å². The van der Waals surface area contributed by atoms with Crippen LogP contribution in [-0.2, 0) is 6.54 Å². The summed E-state index contributed by atoms with van der Waals surface area (Å²) < 4.78 is 1.56. The summed E-state index contributed by atoms with van der Waals surface area (Å²) in [7, 11) is 0. The summed E-state index contributed by atoms with van der Waals surface area (Å²) in [4.78, 5) is 3.24. The Balaban J connectivity index is 2.17. The normalized spacial score (nSPS) is 21.7. The van der Waals surface area contributed by atoms with Crippen LogP contribution in [0.5, 0.6) is 0 Å². The molecule has 0 aliphatic heterocycles. The second-order valence-electron chi connectivity index (χ2n) is 3.97. The van der Waals surface area contributed by atoms with Crippen LogP contribution in [0.15, 0.2) is 12.7 Å². The molecule has 0 radical (unpaired) electrons. The fraction of sp³-hybridized carbons (Fsp3) is 0.600. The van der Waals surface area contributed by atoms with Crippen LogP contribution < -0.4 is 0 Å². The van der Waals surface area contributed by atoms with Crippen molar-refractivity contribution in [3.05, 3.63) is 12.7 Å². The molecule has 5 heteroatoms. The third kappa shape index (κ3) is 1.85. The van der Waals surface area contributed by atoms with E-state index >= 15 is 0 Å². The maximum Gasteiger partial charge on any atom is 0.137 e. The minimum absolute atomic E-state index is 0.232. The van der Waals surface area contributed by atoms with Gasteiger partial charge in [-0.3, -0.25) is 0 Å². The van der Waals surface area contributed by atoms with Gasteiger partial charge in [-0.15, -0.1) is 23.9 Å². The first-order valence-electron chi connectivity index (χ1n) is 4.77. The topological polar surface area (TPSA) is 50.9 Å². The minimum atomic E-state index is -1.09. The molecule has 0 amide bonds. The highest BCUT2D eigenvalue weighted by atomic mass is 35.5. The zero-order chi connectivity index (χ0) is 10.9. The molecule has 2 rings (SSSR count). The average molecular weight is 226 g/mol. The summed E-state index contributed by atoms with van der Waals surface area (Å²) >= 11 is 6.24. The molecule has 1 heterocycles. The van der Waals surface area contributed by atoms with Gasteiger partial charge in [-0.05, 0) is 12.8 Å². The zero-order valence-corrected chi connectivity index (χ0v) is 8.98. The number of alkyl halides is 1. The molecule has 1 aliphatic rings. The number of aromatic nitrogens is 3. The molecule has 15 heavy (non-hydrogen) atoms. The van der Waals surface area contributed by atoms with Crippen molar-refractivity contribution >= 4 is 11.6 Å². The number of terminal acetylenes is 1. The Kier molecular flexibility index (Phi) is 2.45. The van der Waals surface area contributed by atoms with Crippen LogP contribution in [-0.4, -0.2) is 30.3 Å². The van der Waals surface area contributed by atoms with Gasteiger partial charge in [0.25, 0.3) is 0 Å². The van der Waals surface area contributed by atoms with Crippen molar-refractivity contribution < 1.29 is 5.11 Å². The number of hydrogen-bond acceptors (Lipinski definition) is 3. The number of aliphatic hydroxyl groups is 1. The Morgan fingerprint density at radius 3 is 2.87 bits per heavy atom. The molecule has 1 atom stereocenters. The highest BCUT2D eigenvalue weighted by Gasteiger charge is 2.57. The second-order valence-corrected chi connectivity index (χ2v) is 4.69. The van der Waals surface area contributed by atoms with E-state index in [0.717, 1.165) is 12.8 Å². The summed E-state index contributed by atoms with van der Waals surface area (Å²) in [6.07, 6.45) is 10.0. The van der Waals surface area contributed by atoms with Gasteiger partial charge >= 0.3 is 0 Å². The molecule has 1 aromatic heterocycles. The fourth-order valence-electron chi connectivity index (χ4n) is 1.68. The van der Waals surface area contributed by atoms with Gasteiger partial charge in [0.05, 0.1) is 11.4 Å². The summed E-state index contributed by atoms with van der Waals surface area (Å²) in [5.41, 5.74) is -1.09. The van der Waals surface area contributed by atoms with Gasteiger partial charge in [0.2, 0.25) is 0 Å². The van der Waals surface area contributed by atoms with Gasteiger partial charge in [-0.2, -0.15) is 5.10 Å². The second kappa shape index (κ2) is 3.51. The first-order chi connectivity index (χ1) is 7.10. The Morgan fingerprint density at radius 2 is 2.40 bits per heavy atom. The molecule has 0 spiro atoms. The van der Waals surface area contributed by atoms with Crippen LogP contribution in [0, 0.1) is 12.3 Å². The van der Waals surface area contributed by atoms with Gasteiger partial charge in [0, 0.05) is 6.42 Å². The predicted molar refractivity (Wildman–Crippen MR) is 56.2 cm³/mol. The van der Waals surface area contributed by atoms with Crippen molar-refractivity contribution in [1.82, 2.24) is 14.8 Å². The summed E-state index contributed by atoms with van der Waals surface area (Å²) in [6, 6.07) is 0. The first kappa shape index (κ1) is 10.5. The number of rotatable bonds is 4. The monoisotopic (exact) mass is 225 g/mol. The summed E-state index contributed by atoms with van der Waals surface area (Å²) in [5, 5.41) is 14.4. The minimum Gasteiger partial charge on any atom is -0.385 e. The van der Waals surface area contributed by atoms with E-state index in [1.165, 1.54) is 6.33 Å². The predicted octanol–water partition coefficient (Wildman–Crippen LogP) is 0.804. The SMILES string of the molecule is C#CCC(O)(Cn1cncn1)C1(Cl)CC1. The quantitative estimate of drug-likeness (QED) is 0.609. The number of hydrogen-bond donors (Lipinski definition) is 1. The largest absolute Gasteiger partial charge is 0.385 e. The average Bonchev–Trinajstić information content (AvgIpc) is 2.76. The maximum absolute atomic E-state index is 10.4. The van der Waals surface area contributed by atoms with Crippen LogP contribution in [0.1, 0.15) is 19.3 Å². The third-order valence-corrected chi connectivity index (χ3v) is 3.54. The van der Waals surface area contributed by atoms with E-state index < -0.39 is 10.5 Å². The van der Waals surface area contributed by atoms with Crippen molar-refractivity contribution in [1.29, 1.82) is 0 Å². The van der Waals surface area contributed by atoms with Crippen LogP contribution in [0.2, 0.25) is 0 Å². The zero-order valence-electron chi connectivity index (χ0n) is 8.23. The molecule has 1 saturated carbocycles. The molecule has 4 nitrogen and oxygen atoms in total. The molecule has 1 aromatic rings. The van der Waals surface area contributed by atoms with Gasteiger partial charge in [-0.25, -0.2) is 9.67 Å². The van der Waals surface area contributed by atoms with E-state index in [1.807, 2.05) is 0 Å². The smallest absolute Gasteiger partial charge is 0.137 e. The lowest BCUT2D eigenvalue weighted by Crippen LogP contribution is -2.44. The maximum atomic E-state index is 10.4. The third-order valence-electron chi connectivity index (χ3n) is 2.81. The lowest BCUT2D eigenvalue weighted by molar-refractivity contribution is 0.0123. The Morgan fingerprint density at radius 1 is 1.67 bits per heavy atom. The highest BCUT2D eigenvalue weighted by molar-refractivity contribution is 6.26. The van der Waals surface area contributed by atoms with Crippen LogP contribution in [0.4, 0.5) is 0 Å². The summed E-state index contributed by atoms with van der Waals surface area (Å²) in [6.45, 7) is 0.292. The van der Waals surface area contributed by atoms with Crippen LogP contribution in [0.25, 0.3) is 0 Å². The van der Waals surface area contributed by atoms with E-state index in [0.29, 0.717) is 6.54 Å². The van der Waals surface area contributed by atoms with Gasteiger partial charge < -0.3 is 5.11 Å². The van der Waals surface area contributed by atoms with Crippen molar-refractivity contribution in [3.8, 4) is 12.3 Å². The van der Waals surface area contributed by atoms with Gasteiger partial charge in [0.15, 0.2) is 0 Å². The van der Waals surface area contributed by atoms with E-state index in [1.54, 1.807) is 11.0 Å². The van der Waals surface area contributed by atoms with E-state index in [9.17, 15) is 5.11 Å². The highest BCUT2D eigenvalue weighted by Crippen LogP contribution is 2.52. The van der Waals surface area contributed by atoms with Crippen LogP contribution in [0.3, 0.4) is 0 Å². The molecule has 80 valence electrons. The molecule has 0 bridgehead atoms. The molecule has 0 saturated heterocycles. The van der Waals surface area contributed by atoms with Crippen LogP contribution >= 0.6 is 11.6 Å². The molecule has 1 fully saturated rings. The Labute approximate surface area is 93.3 Å². The molecule has 1 N–H and O–H groups in total. The lowest BCUT2D eigenvalue weighted by atomic mass is 9.93. The molecule has 1 aliphatic carbocycles. The van der Waals surface area contributed by atoms with E-state index in [4.69, 9.17) is 18.0 Å². The fourth-order valence-corrected chi connectivity index (χ4v) is 1.90. The number of nitrogens with zero attached hydrogens (tertiary/aromatic N) is 3. The Bertz CT molecular complexity index is 380. The van der Waals surface area contributed by atoms with Gasteiger partial charge in [-0.1, -0.05) is 0 Å². The van der Waals surface area contributed by atoms with Crippen molar-refractivity contribution in [2.45, 2.75) is 36.3 Å². The molecule has 0 aromatic carbocycles. The first-order valence-corrected chi connectivity index (χ1v) is 5.15. The molecular weight excluding hydrogens is 214 g/mol. The molecule has 1 unspecified atom stereocenters. The Hall–Kier alpha value is -1.05. The van der Waals surface area contributed by atoms with Crippen molar-refractivity contribution in [2.75, 3.05) is 0 Å².